The summed E-state index contributed by atoms with van der Waals surface area (Å²) in [7, 11) is 0. The molecule has 1 fully saturated rings. The lowest BCUT2D eigenvalue weighted by atomic mass is 9.70. The van der Waals surface area contributed by atoms with Crippen molar-refractivity contribution in [3.63, 3.8) is 0 Å². The lowest BCUT2D eigenvalue weighted by molar-refractivity contribution is 0.180. The van der Waals surface area contributed by atoms with Gasteiger partial charge in [-0.15, -0.1) is 0 Å². The number of hydrogen-bond donors (Lipinski definition) is 2. The summed E-state index contributed by atoms with van der Waals surface area (Å²) in [5, 5.41) is 9.40. The molecule has 0 unspecified atom stereocenters. The lowest BCUT2D eigenvalue weighted by Gasteiger charge is -2.38. The molecule has 0 spiro atoms. The molecule has 0 saturated heterocycles. The molecule has 1 aromatic rings. The van der Waals surface area contributed by atoms with Gasteiger partial charge in [-0.2, -0.15) is 5.10 Å². The molecule has 4 nitrogen and oxygen atoms in total. The number of hydrogen-bond acceptors (Lipinski definition) is 3. The van der Waals surface area contributed by atoms with Gasteiger partial charge in [0.25, 0.3) is 5.56 Å². The van der Waals surface area contributed by atoms with Crippen LogP contribution in [0.1, 0.15) is 26.2 Å². The van der Waals surface area contributed by atoms with Crippen molar-refractivity contribution in [3.8, 4) is 0 Å². The summed E-state index contributed by atoms with van der Waals surface area (Å²) in [6.07, 6.45) is 5.46. The van der Waals surface area contributed by atoms with Crippen LogP contribution in [0.15, 0.2) is 15.5 Å². The van der Waals surface area contributed by atoms with Gasteiger partial charge in [-0.05, 0) is 34.2 Å². The van der Waals surface area contributed by atoms with Crippen molar-refractivity contribution < 1.29 is 0 Å². The third kappa shape index (κ3) is 2.22. The summed E-state index contributed by atoms with van der Waals surface area (Å²) in [5.41, 5.74) is 0.966. The Balaban J connectivity index is 2.05. The third-order valence-electron chi connectivity index (χ3n) is 3.06. The summed E-state index contributed by atoms with van der Waals surface area (Å²) < 4.78 is 0.528. The Hall–Kier alpha value is -0.840. The summed E-state index contributed by atoms with van der Waals surface area (Å²) in [5.74, 6) is 0. The second kappa shape index (κ2) is 3.96. The fraction of sp³-hybridized carbons (Fsp3) is 0.600. The Labute approximate surface area is 96.6 Å². The van der Waals surface area contributed by atoms with Gasteiger partial charge in [-0.1, -0.05) is 13.3 Å². The molecule has 0 amide bonds. The molecule has 2 rings (SSSR count). The number of aromatic nitrogens is 2. The maximum absolute atomic E-state index is 11.2. The van der Waals surface area contributed by atoms with Gasteiger partial charge in [-0.3, -0.25) is 4.79 Å². The molecular weight excluding hydrogens is 258 g/mol. The highest BCUT2D eigenvalue weighted by Crippen LogP contribution is 2.40. The van der Waals surface area contributed by atoms with Gasteiger partial charge < -0.3 is 5.32 Å². The molecule has 1 heterocycles. The van der Waals surface area contributed by atoms with Gasteiger partial charge in [0, 0.05) is 6.54 Å². The smallest absolute Gasteiger partial charge is 0.280 e. The van der Waals surface area contributed by atoms with Crippen LogP contribution in [0.3, 0.4) is 0 Å². The van der Waals surface area contributed by atoms with Gasteiger partial charge in [-0.25, -0.2) is 5.10 Å². The predicted molar refractivity (Wildman–Crippen MR) is 63.0 cm³/mol. The van der Waals surface area contributed by atoms with E-state index in [-0.39, 0.29) is 5.56 Å². The van der Waals surface area contributed by atoms with Crippen LogP contribution in [0, 0.1) is 5.41 Å². The standard InChI is InChI=1S/C10H14BrN3O/c1-10(3-2-4-10)6-12-7-5-13-14-9(15)8(7)11/h5H,2-4,6H2,1H3,(H2,12,14,15). The largest absolute Gasteiger partial charge is 0.382 e. The van der Waals surface area contributed by atoms with Crippen molar-refractivity contribution in [2.75, 3.05) is 11.9 Å². The van der Waals surface area contributed by atoms with Crippen LogP contribution >= 0.6 is 15.9 Å². The fourth-order valence-corrected chi connectivity index (χ4v) is 2.10. The number of anilines is 1. The van der Waals surface area contributed by atoms with E-state index >= 15 is 0 Å². The van der Waals surface area contributed by atoms with Crippen LogP contribution < -0.4 is 10.9 Å². The number of rotatable bonds is 3. The number of H-pyrrole nitrogens is 1. The van der Waals surface area contributed by atoms with Crippen LogP contribution in [-0.2, 0) is 0 Å². The van der Waals surface area contributed by atoms with Gasteiger partial charge >= 0.3 is 0 Å². The minimum atomic E-state index is -0.196. The molecular formula is C10H14BrN3O. The zero-order valence-electron chi connectivity index (χ0n) is 8.64. The van der Waals surface area contributed by atoms with Crippen molar-refractivity contribution in [1.29, 1.82) is 0 Å². The molecule has 0 aromatic carbocycles. The van der Waals surface area contributed by atoms with Crippen molar-refractivity contribution in [2.24, 2.45) is 5.41 Å². The van der Waals surface area contributed by atoms with E-state index in [1.54, 1.807) is 6.20 Å². The molecule has 15 heavy (non-hydrogen) atoms. The number of nitrogens with zero attached hydrogens (tertiary/aromatic N) is 1. The fourth-order valence-electron chi connectivity index (χ4n) is 1.77. The number of aromatic amines is 1. The summed E-state index contributed by atoms with van der Waals surface area (Å²) in [6, 6.07) is 0. The van der Waals surface area contributed by atoms with Crippen LogP contribution in [0.4, 0.5) is 5.69 Å². The van der Waals surface area contributed by atoms with E-state index in [0.29, 0.717) is 9.89 Å². The molecule has 5 heteroatoms. The maximum atomic E-state index is 11.2. The average Bonchev–Trinajstić information content (AvgIpc) is 2.17. The third-order valence-corrected chi connectivity index (χ3v) is 3.85. The van der Waals surface area contributed by atoms with Gasteiger partial charge in [0.15, 0.2) is 0 Å². The molecule has 1 aliphatic rings. The first kappa shape index (κ1) is 10.7. The molecule has 0 radical (unpaired) electrons. The van der Waals surface area contributed by atoms with Crippen molar-refractivity contribution in [3.05, 3.63) is 21.0 Å². The molecule has 1 saturated carbocycles. The molecule has 82 valence electrons. The van der Waals surface area contributed by atoms with E-state index in [1.165, 1.54) is 19.3 Å². The van der Waals surface area contributed by atoms with Crippen molar-refractivity contribution in [1.82, 2.24) is 10.2 Å². The zero-order chi connectivity index (χ0) is 10.9. The quantitative estimate of drug-likeness (QED) is 0.886. The van der Waals surface area contributed by atoms with Crippen molar-refractivity contribution >= 4 is 21.6 Å². The average molecular weight is 272 g/mol. The number of halogens is 1. The number of nitrogens with one attached hydrogen (secondary N) is 2. The normalized spacial score (nSPS) is 18.3. The van der Waals surface area contributed by atoms with E-state index in [2.05, 4.69) is 38.4 Å². The van der Waals surface area contributed by atoms with E-state index in [0.717, 1.165) is 12.2 Å². The Morgan fingerprint density at radius 1 is 1.67 bits per heavy atom. The second-order valence-corrected chi connectivity index (χ2v) is 5.24. The summed E-state index contributed by atoms with van der Waals surface area (Å²) in [4.78, 5) is 11.2. The van der Waals surface area contributed by atoms with E-state index in [1.807, 2.05) is 0 Å². The van der Waals surface area contributed by atoms with Crippen LogP contribution in [0.5, 0.6) is 0 Å². The minimum absolute atomic E-state index is 0.196. The Kier molecular flexibility index (Phi) is 2.82. The zero-order valence-corrected chi connectivity index (χ0v) is 10.2. The molecule has 1 aliphatic carbocycles. The molecule has 0 atom stereocenters. The highest BCUT2D eigenvalue weighted by molar-refractivity contribution is 9.10. The summed E-state index contributed by atoms with van der Waals surface area (Å²) in [6.45, 7) is 3.16. The molecule has 2 N–H and O–H groups in total. The van der Waals surface area contributed by atoms with E-state index in [4.69, 9.17) is 0 Å². The maximum Gasteiger partial charge on any atom is 0.280 e. The van der Waals surface area contributed by atoms with Crippen LogP contribution in [-0.4, -0.2) is 16.7 Å². The molecule has 0 bridgehead atoms. The Morgan fingerprint density at radius 3 is 3.00 bits per heavy atom. The topological polar surface area (TPSA) is 57.8 Å². The first-order valence-electron chi connectivity index (χ1n) is 5.08. The van der Waals surface area contributed by atoms with Gasteiger partial charge in [0.05, 0.1) is 11.9 Å². The molecule has 0 aliphatic heterocycles. The van der Waals surface area contributed by atoms with Crippen LogP contribution in [0.25, 0.3) is 0 Å². The van der Waals surface area contributed by atoms with Gasteiger partial charge in [0.1, 0.15) is 4.47 Å². The summed E-state index contributed by atoms with van der Waals surface area (Å²) >= 11 is 3.24. The van der Waals surface area contributed by atoms with E-state index in [9.17, 15) is 4.79 Å². The minimum Gasteiger partial charge on any atom is -0.382 e. The van der Waals surface area contributed by atoms with E-state index < -0.39 is 0 Å². The van der Waals surface area contributed by atoms with Gasteiger partial charge in [0.2, 0.25) is 0 Å². The predicted octanol–water partition coefficient (Wildman–Crippen LogP) is 2.13. The molecule has 1 aromatic heterocycles. The monoisotopic (exact) mass is 271 g/mol. The van der Waals surface area contributed by atoms with Crippen LogP contribution in [0.2, 0.25) is 0 Å². The first-order chi connectivity index (χ1) is 7.11. The Bertz CT molecular complexity index is 411. The lowest BCUT2D eigenvalue weighted by Crippen LogP contribution is -2.33. The van der Waals surface area contributed by atoms with Crippen molar-refractivity contribution in [2.45, 2.75) is 26.2 Å². The highest BCUT2D eigenvalue weighted by Gasteiger charge is 2.31. The Morgan fingerprint density at radius 2 is 2.40 bits per heavy atom. The second-order valence-electron chi connectivity index (χ2n) is 4.44. The first-order valence-corrected chi connectivity index (χ1v) is 5.87. The highest BCUT2D eigenvalue weighted by atomic mass is 79.9. The SMILES string of the molecule is CC1(CNc2cn[nH]c(=O)c2Br)CCC1.